The summed E-state index contributed by atoms with van der Waals surface area (Å²) in [4.78, 5) is 10.9. The largest absolute Gasteiger partial charge is 0.333 e. The van der Waals surface area contributed by atoms with Crippen molar-refractivity contribution < 1.29 is 4.48 Å². The molecule has 3 rings (SSSR count). The Kier molecular flexibility index (Phi) is 7.43. The van der Waals surface area contributed by atoms with Gasteiger partial charge in [0.1, 0.15) is 0 Å². The number of rotatable bonds is 2. The number of benzene rings is 1. The molecule has 136 valence electrons. The van der Waals surface area contributed by atoms with E-state index in [0.717, 1.165) is 48.0 Å². The summed E-state index contributed by atoms with van der Waals surface area (Å²) >= 11 is 0. The minimum atomic E-state index is 0.209. The number of nitrogens with zero attached hydrogens (tertiary/aromatic N) is 4. The Morgan fingerprint density at radius 1 is 1.12 bits per heavy atom. The van der Waals surface area contributed by atoms with Gasteiger partial charge >= 0.3 is 0 Å². The van der Waals surface area contributed by atoms with Gasteiger partial charge in [-0.1, -0.05) is 6.07 Å². The van der Waals surface area contributed by atoms with Crippen LogP contribution in [0, 0.1) is 0 Å². The Morgan fingerprint density at radius 2 is 1.84 bits per heavy atom. The van der Waals surface area contributed by atoms with Crippen LogP contribution < -0.4 is 5.73 Å². The highest BCUT2D eigenvalue weighted by Crippen LogP contribution is 2.24. The fraction of sp³-hybridized carbons (Fsp3) is 0.474. The first-order chi connectivity index (χ1) is 12.2. The lowest BCUT2D eigenvalue weighted by Gasteiger charge is -2.22. The third-order valence-corrected chi connectivity index (χ3v) is 4.54. The van der Waals surface area contributed by atoms with Crippen molar-refractivity contribution in [2.45, 2.75) is 19.3 Å². The van der Waals surface area contributed by atoms with Crippen molar-refractivity contribution in [2.24, 2.45) is 15.7 Å². The maximum Gasteiger partial charge on any atom is 0.0717 e. The third-order valence-electron chi connectivity index (χ3n) is 4.54. The zero-order chi connectivity index (χ0) is 18.2. The van der Waals surface area contributed by atoms with Gasteiger partial charge in [-0.3, -0.25) is 9.98 Å². The molecule has 0 radical (unpaired) electrons. The van der Waals surface area contributed by atoms with E-state index >= 15 is 0 Å². The molecule has 0 unspecified atom stereocenters. The average molecular weight is 345 g/mol. The van der Waals surface area contributed by atoms with Crippen LogP contribution in [0.25, 0.3) is 0 Å². The molecule has 1 saturated heterocycles. The Balaban J connectivity index is 0.00000109. The van der Waals surface area contributed by atoms with Crippen molar-refractivity contribution in [3.05, 3.63) is 41.1 Å². The maximum absolute atomic E-state index is 13.6. The number of hydrogen-bond donors (Lipinski definition) is 1. The maximum atomic E-state index is 13.6. The van der Waals surface area contributed by atoms with Gasteiger partial charge in [0.15, 0.2) is 0 Å². The monoisotopic (exact) mass is 345 g/mol. The molecular weight excluding hydrogens is 317 g/mol. The predicted octanol–water partition coefficient (Wildman–Crippen LogP) is 2.54. The molecular formula is C19H28FN5. The van der Waals surface area contributed by atoms with E-state index in [2.05, 4.69) is 41.5 Å². The van der Waals surface area contributed by atoms with Gasteiger partial charge in [0.25, 0.3) is 0 Å². The highest BCUT2D eigenvalue weighted by Gasteiger charge is 2.20. The SMILES string of the molecule is C=N/C=C1/CCN(F)CC1=Nc1ccc2c(c1)CCN(C)CC2.CN. The van der Waals surface area contributed by atoms with Gasteiger partial charge in [0.2, 0.25) is 0 Å². The molecule has 0 aliphatic carbocycles. The summed E-state index contributed by atoms with van der Waals surface area (Å²) in [7, 11) is 3.66. The molecule has 0 amide bonds. The number of piperidine rings is 1. The molecule has 0 saturated carbocycles. The Morgan fingerprint density at radius 3 is 2.56 bits per heavy atom. The van der Waals surface area contributed by atoms with Crippen LogP contribution in [0.5, 0.6) is 0 Å². The normalized spacial score (nSPS) is 22.1. The molecule has 1 aromatic carbocycles. The Labute approximate surface area is 149 Å². The van der Waals surface area contributed by atoms with Gasteiger partial charge in [-0.15, -0.1) is 9.60 Å². The first-order valence-electron chi connectivity index (χ1n) is 8.67. The summed E-state index contributed by atoms with van der Waals surface area (Å²) < 4.78 is 13.6. The molecule has 1 fully saturated rings. The standard InChI is InChI=1S/C18H23FN4.CH5N/c1-20-12-16-7-10-23(19)13-18(16)21-17-4-3-14-5-8-22(2)9-6-15(14)11-17;1-2/h3-4,11-12H,1,5-10,13H2,2H3;2H2,1H3/b16-12-,21-18?;. The van der Waals surface area contributed by atoms with E-state index in [9.17, 15) is 4.48 Å². The second-order valence-electron chi connectivity index (χ2n) is 6.25. The van der Waals surface area contributed by atoms with Crippen molar-refractivity contribution >= 4 is 18.1 Å². The van der Waals surface area contributed by atoms with E-state index < -0.39 is 0 Å². The number of halogens is 1. The summed E-state index contributed by atoms with van der Waals surface area (Å²) in [6.45, 7) is 6.25. The van der Waals surface area contributed by atoms with Crippen LogP contribution in [-0.4, -0.2) is 62.7 Å². The second-order valence-corrected chi connectivity index (χ2v) is 6.25. The molecule has 2 heterocycles. The molecule has 0 aromatic heterocycles. The lowest BCUT2D eigenvalue weighted by atomic mass is 10.0. The Hall–Kier alpha value is -1.89. The molecule has 0 atom stereocenters. The van der Waals surface area contributed by atoms with Gasteiger partial charge < -0.3 is 10.6 Å². The minimum Gasteiger partial charge on any atom is -0.333 e. The van der Waals surface area contributed by atoms with Gasteiger partial charge in [0, 0.05) is 25.8 Å². The van der Waals surface area contributed by atoms with Crippen LogP contribution >= 0.6 is 0 Å². The number of aliphatic imine (C=N–C) groups is 2. The summed E-state index contributed by atoms with van der Waals surface area (Å²) in [5.41, 5.74) is 9.88. The zero-order valence-electron chi connectivity index (χ0n) is 15.2. The van der Waals surface area contributed by atoms with Crippen molar-refractivity contribution in [1.29, 1.82) is 0 Å². The summed E-state index contributed by atoms with van der Waals surface area (Å²) in [5.74, 6) is 0. The molecule has 2 aliphatic heterocycles. The van der Waals surface area contributed by atoms with Crippen molar-refractivity contribution in [2.75, 3.05) is 40.3 Å². The quantitative estimate of drug-likeness (QED) is 0.662. The van der Waals surface area contributed by atoms with Gasteiger partial charge in [-0.2, -0.15) is 0 Å². The van der Waals surface area contributed by atoms with Crippen LogP contribution in [0.4, 0.5) is 10.2 Å². The van der Waals surface area contributed by atoms with Crippen LogP contribution in [-0.2, 0) is 12.8 Å². The zero-order valence-corrected chi connectivity index (χ0v) is 15.2. The highest BCUT2D eigenvalue weighted by molar-refractivity contribution is 6.03. The Bertz CT molecular complexity index is 653. The van der Waals surface area contributed by atoms with E-state index in [1.165, 1.54) is 18.2 Å². The predicted molar refractivity (Wildman–Crippen MR) is 103 cm³/mol. The first kappa shape index (κ1) is 19.4. The van der Waals surface area contributed by atoms with E-state index in [1.807, 2.05) is 6.07 Å². The van der Waals surface area contributed by atoms with Crippen molar-refractivity contribution in [3.8, 4) is 0 Å². The molecule has 2 aliphatic rings. The van der Waals surface area contributed by atoms with Crippen LogP contribution in [0.3, 0.4) is 0 Å². The number of hydrogen-bond acceptors (Lipinski definition) is 5. The van der Waals surface area contributed by atoms with Crippen molar-refractivity contribution in [1.82, 2.24) is 10.0 Å². The molecule has 25 heavy (non-hydrogen) atoms. The van der Waals surface area contributed by atoms with E-state index in [0.29, 0.717) is 13.0 Å². The molecule has 0 bridgehead atoms. The minimum absolute atomic E-state index is 0.209. The van der Waals surface area contributed by atoms with Crippen LogP contribution in [0.2, 0.25) is 0 Å². The average Bonchev–Trinajstić information content (AvgIpc) is 2.81. The molecule has 6 heteroatoms. The second kappa shape index (κ2) is 9.56. The van der Waals surface area contributed by atoms with E-state index in [1.54, 1.807) is 6.20 Å². The molecule has 5 nitrogen and oxygen atoms in total. The van der Waals surface area contributed by atoms with Crippen LogP contribution in [0.15, 0.2) is 40.0 Å². The number of nitrogens with two attached hydrogens (primary N) is 1. The summed E-state index contributed by atoms with van der Waals surface area (Å²) in [6.07, 6.45) is 4.43. The first-order valence-corrected chi connectivity index (χ1v) is 8.67. The summed E-state index contributed by atoms with van der Waals surface area (Å²) in [5, 5.41) is 0.803. The topological polar surface area (TPSA) is 57.2 Å². The van der Waals surface area contributed by atoms with Crippen molar-refractivity contribution in [3.63, 3.8) is 0 Å². The molecule has 1 aromatic rings. The smallest absolute Gasteiger partial charge is 0.0717 e. The van der Waals surface area contributed by atoms with Gasteiger partial charge in [0.05, 0.1) is 17.9 Å². The molecule has 2 N–H and O–H groups in total. The molecule has 0 spiro atoms. The fourth-order valence-corrected chi connectivity index (χ4v) is 3.13. The van der Waals surface area contributed by atoms with Gasteiger partial charge in [-0.25, -0.2) is 0 Å². The van der Waals surface area contributed by atoms with Crippen LogP contribution in [0.1, 0.15) is 17.5 Å². The number of likely N-dealkylation sites (N-methyl/N-ethyl adjacent to an activating group) is 1. The lowest BCUT2D eigenvalue weighted by molar-refractivity contribution is 0.0423. The number of fused-ring (bicyclic) bond motifs is 1. The fourth-order valence-electron chi connectivity index (χ4n) is 3.13. The van der Waals surface area contributed by atoms with Gasteiger partial charge in [-0.05, 0) is 68.9 Å². The lowest BCUT2D eigenvalue weighted by Crippen LogP contribution is -2.31. The van der Waals surface area contributed by atoms with E-state index in [4.69, 9.17) is 4.99 Å². The summed E-state index contributed by atoms with van der Waals surface area (Å²) in [6, 6.07) is 6.35. The van der Waals surface area contributed by atoms with E-state index in [-0.39, 0.29) is 6.54 Å². The third kappa shape index (κ3) is 5.29. The highest BCUT2D eigenvalue weighted by atomic mass is 19.2.